The van der Waals surface area contributed by atoms with Crippen LogP contribution in [0.3, 0.4) is 0 Å². The minimum Gasteiger partial charge on any atom is -0.444 e. The Morgan fingerprint density at radius 2 is 2.00 bits per heavy atom. The molecule has 1 aliphatic heterocycles. The van der Waals surface area contributed by atoms with Crippen molar-refractivity contribution >= 4 is 6.09 Å². The molecule has 100 valence electrons. The molecule has 1 fully saturated rings. The Morgan fingerprint density at radius 3 is 2.53 bits per heavy atom. The van der Waals surface area contributed by atoms with Crippen molar-refractivity contribution in [3.63, 3.8) is 0 Å². The summed E-state index contributed by atoms with van der Waals surface area (Å²) in [7, 11) is 0. The Balaban J connectivity index is 2.20. The van der Waals surface area contributed by atoms with Crippen molar-refractivity contribution in [2.24, 2.45) is 0 Å². The van der Waals surface area contributed by atoms with Crippen LogP contribution >= 0.6 is 0 Å². The van der Waals surface area contributed by atoms with Gasteiger partial charge >= 0.3 is 6.09 Å². The number of hydrogen-bond donors (Lipinski definition) is 2. The van der Waals surface area contributed by atoms with Gasteiger partial charge in [0.2, 0.25) is 0 Å². The zero-order valence-corrected chi connectivity index (χ0v) is 10.9. The molecule has 17 heavy (non-hydrogen) atoms. The Hall–Kier alpha value is -0.810. The molecule has 0 saturated carbocycles. The molecule has 1 heterocycles. The Morgan fingerprint density at radius 1 is 1.41 bits per heavy atom. The first kappa shape index (κ1) is 14.3. The van der Waals surface area contributed by atoms with E-state index >= 15 is 0 Å². The maximum absolute atomic E-state index is 11.4. The normalized spacial score (nSPS) is 19.8. The number of rotatable bonds is 3. The van der Waals surface area contributed by atoms with E-state index in [0.717, 1.165) is 0 Å². The highest BCUT2D eigenvalue weighted by atomic mass is 16.6. The van der Waals surface area contributed by atoms with Crippen LogP contribution in [0.1, 0.15) is 40.0 Å². The summed E-state index contributed by atoms with van der Waals surface area (Å²) < 4.78 is 10.3. The minimum atomic E-state index is -0.701. The summed E-state index contributed by atoms with van der Waals surface area (Å²) >= 11 is 0. The molecule has 1 amide bonds. The van der Waals surface area contributed by atoms with Crippen LogP contribution in [0.5, 0.6) is 0 Å². The van der Waals surface area contributed by atoms with Gasteiger partial charge in [0.1, 0.15) is 5.60 Å². The van der Waals surface area contributed by atoms with Gasteiger partial charge in [0, 0.05) is 19.8 Å². The number of alkyl carbamates (subject to hydrolysis) is 1. The van der Waals surface area contributed by atoms with Crippen LogP contribution in [0.15, 0.2) is 0 Å². The van der Waals surface area contributed by atoms with Crippen molar-refractivity contribution < 1.29 is 19.4 Å². The van der Waals surface area contributed by atoms with Gasteiger partial charge in [0.05, 0.1) is 5.60 Å². The maximum Gasteiger partial charge on any atom is 0.407 e. The van der Waals surface area contributed by atoms with Gasteiger partial charge in [-0.2, -0.15) is 0 Å². The quantitative estimate of drug-likeness (QED) is 0.789. The lowest BCUT2D eigenvalue weighted by Crippen LogP contribution is -2.40. The highest BCUT2D eigenvalue weighted by molar-refractivity contribution is 5.67. The van der Waals surface area contributed by atoms with E-state index in [-0.39, 0.29) is 0 Å². The summed E-state index contributed by atoms with van der Waals surface area (Å²) in [4.78, 5) is 11.4. The number of amides is 1. The molecule has 2 N–H and O–H groups in total. The fourth-order valence-electron chi connectivity index (χ4n) is 1.71. The molecule has 0 spiro atoms. The van der Waals surface area contributed by atoms with Gasteiger partial charge in [0.15, 0.2) is 0 Å². The van der Waals surface area contributed by atoms with E-state index in [4.69, 9.17) is 9.47 Å². The minimum absolute atomic E-state index is 0.422. The molecule has 0 unspecified atom stereocenters. The first-order valence-electron chi connectivity index (χ1n) is 6.08. The van der Waals surface area contributed by atoms with Crippen LogP contribution in [0.25, 0.3) is 0 Å². The smallest absolute Gasteiger partial charge is 0.407 e. The van der Waals surface area contributed by atoms with Crippen molar-refractivity contribution in [1.29, 1.82) is 0 Å². The summed E-state index contributed by atoms with van der Waals surface area (Å²) in [6.45, 7) is 7.05. The van der Waals surface area contributed by atoms with E-state index in [1.165, 1.54) is 0 Å². The topological polar surface area (TPSA) is 67.8 Å². The van der Waals surface area contributed by atoms with E-state index in [0.29, 0.717) is 39.0 Å². The molecule has 0 bridgehead atoms. The Bertz CT molecular complexity index is 254. The second-order valence-corrected chi connectivity index (χ2v) is 5.52. The van der Waals surface area contributed by atoms with E-state index in [9.17, 15) is 9.90 Å². The molecule has 0 atom stereocenters. The molecule has 1 saturated heterocycles. The van der Waals surface area contributed by atoms with Gasteiger partial charge < -0.3 is 19.9 Å². The largest absolute Gasteiger partial charge is 0.444 e. The highest BCUT2D eigenvalue weighted by Crippen LogP contribution is 2.23. The molecule has 0 aromatic rings. The number of nitrogens with one attached hydrogen (secondary N) is 1. The first-order valence-corrected chi connectivity index (χ1v) is 6.08. The van der Waals surface area contributed by atoms with E-state index < -0.39 is 17.3 Å². The summed E-state index contributed by atoms with van der Waals surface area (Å²) in [6.07, 6.45) is 1.36. The number of carbonyl (C=O) groups is 1. The third-order valence-electron chi connectivity index (χ3n) is 2.68. The molecule has 5 heteroatoms. The van der Waals surface area contributed by atoms with Crippen LogP contribution in [0.2, 0.25) is 0 Å². The zero-order valence-electron chi connectivity index (χ0n) is 10.9. The number of aliphatic hydroxyl groups is 1. The summed E-state index contributed by atoms with van der Waals surface area (Å²) in [5.74, 6) is 0. The van der Waals surface area contributed by atoms with E-state index in [1.807, 2.05) is 20.8 Å². The third kappa shape index (κ3) is 5.89. The predicted molar refractivity (Wildman–Crippen MR) is 63.9 cm³/mol. The average Bonchev–Trinajstić information content (AvgIpc) is 2.15. The van der Waals surface area contributed by atoms with Gasteiger partial charge in [-0.3, -0.25) is 0 Å². The molecule has 0 aromatic heterocycles. The molecular weight excluding hydrogens is 222 g/mol. The van der Waals surface area contributed by atoms with Crippen LogP contribution < -0.4 is 5.32 Å². The molecule has 0 aliphatic carbocycles. The van der Waals surface area contributed by atoms with Gasteiger partial charge in [-0.15, -0.1) is 0 Å². The molecule has 0 radical (unpaired) electrons. The van der Waals surface area contributed by atoms with Gasteiger partial charge in [-0.05, 0) is 40.0 Å². The van der Waals surface area contributed by atoms with Crippen molar-refractivity contribution in [2.75, 3.05) is 19.8 Å². The SMILES string of the molecule is CC(C)(C)OC(=O)NCCC1(O)CCOCC1. The van der Waals surface area contributed by atoms with E-state index in [2.05, 4.69) is 5.32 Å². The molecule has 1 rings (SSSR count). The molecule has 1 aliphatic rings. The standard InChI is InChI=1S/C12H23NO4/c1-11(2,3)17-10(14)13-7-4-12(15)5-8-16-9-6-12/h15H,4-9H2,1-3H3,(H,13,14). The van der Waals surface area contributed by atoms with Crippen molar-refractivity contribution in [3.05, 3.63) is 0 Å². The van der Waals surface area contributed by atoms with Gasteiger partial charge in [-0.1, -0.05) is 0 Å². The lowest BCUT2D eigenvalue weighted by Gasteiger charge is -2.32. The van der Waals surface area contributed by atoms with Gasteiger partial charge in [-0.25, -0.2) is 4.79 Å². The monoisotopic (exact) mass is 245 g/mol. The summed E-state index contributed by atoms with van der Waals surface area (Å²) in [5, 5.41) is 12.8. The maximum atomic E-state index is 11.4. The summed E-state index contributed by atoms with van der Waals surface area (Å²) in [5.41, 5.74) is -1.19. The third-order valence-corrected chi connectivity index (χ3v) is 2.68. The number of carbonyl (C=O) groups excluding carboxylic acids is 1. The van der Waals surface area contributed by atoms with Crippen LogP contribution in [-0.2, 0) is 9.47 Å². The van der Waals surface area contributed by atoms with Crippen molar-refractivity contribution in [2.45, 2.75) is 51.2 Å². The Kier molecular flexibility index (Phi) is 4.77. The number of hydrogen-bond acceptors (Lipinski definition) is 4. The van der Waals surface area contributed by atoms with Crippen LogP contribution in [0.4, 0.5) is 4.79 Å². The van der Waals surface area contributed by atoms with Crippen LogP contribution in [0, 0.1) is 0 Å². The van der Waals surface area contributed by atoms with Crippen molar-refractivity contribution in [3.8, 4) is 0 Å². The summed E-state index contributed by atoms with van der Waals surface area (Å²) in [6, 6.07) is 0. The lowest BCUT2D eigenvalue weighted by molar-refractivity contribution is -0.0673. The second-order valence-electron chi connectivity index (χ2n) is 5.52. The zero-order chi connectivity index (χ0) is 12.9. The van der Waals surface area contributed by atoms with Gasteiger partial charge in [0.25, 0.3) is 0 Å². The number of ether oxygens (including phenoxy) is 2. The first-order chi connectivity index (χ1) is 7.81. The fraction of sp³-hybridized carbons (Fsp3) is 0.917. The average molecular weight is 245 g/mol. The molecular formula is C12H23NO4. The second kappa shape index (κ2) is 5.69. The van der Waals surface area contributed by atoms with Crippen molar-refractivity contribution in [1.82, 2.24) is 5.32 Å². The highest BCUT2D eigenvalue weighted by Gasteiger charge is 2.29. The molecule has 0 aromatic carbocycles. The van der Waals surface area contributed by atoms with E-state index in [1.54, 1.807) is 0 Å². The fourth-order valence-corrected chi connectivity index (χ4v) is 1.71. The lowest BCUT2D eigenvalue weighted by atomic mass is 9.91. The van der Waals surface area contributed by atoms with Crippen LogP contribution in [-0.4, -0.2) is 42.2 Å². The Labute approximate surface area is 102 Å². The molecule has 5 nitrogen and oxygen atoms in total. The predicted octanol–water partition coefficient (Wildman–Crippen LogP) is 1.44.